The molecule has 1 aliphatic rings. The van der Waals surface area contributed by atoms with Crippen LogP contribution in [0.2, 0.25) is 0 Å². The second-order valence-corrected chi connectivity index (χ2v) is 7.98. The van der Waals surface area contributed by atoms with Gasteiger partial charge in [0.15, 0.2) is 0 Å². The summed E-state index contributed by atoms with van der Waals surface area (Å²) >= 11 is 0. The van der Waals surface area contributed by atoms with Crippen molar-refractivity contribution in [3.8, 4) is 5.75 Å². The van der Waals surface area contributed by atoms with E-state index in [9.17, 15) is 4.79 Å². The third-order valence-corrected chi connectivity index (χ3v) is 5.81. The first-order valence-electron chi connectivity index (χ1n) is 10.9. The fourth-order valence-electron chi connectivity index (χ4n) is 4.32. The predicted molar refractivity (Wildman–Crippen MR) is 117 cm³/mol. The average molecular weight is 412 g/mol. The van der Waals surface area contributed by atoms with Gasteiger partial charge in [0.05, 0.1) is 18.6 Å². The quantitative estimate of drug-likeness (QED) is 0.602. The van der Waals surface area contributed by atoms with E-state index in [1.54, 1.807) is 0 Å². The van der Waals surface area contributed by atoms with Crippen LogP contribution >= 0.6 is 0 Å². The second kappa shape index (κ2) is 11.1. The van der Waals surface area contributed by atoms with Gasteiger partial charge in [-0.05, 0) is 50.8 Å². The molecule has 0 amide bonds. The lowest BCUT2D eigenvalue weighted by atomic mass is 9.75. The van der Waals surface area contributed by atoms with Crippen molar-refractivity contribution in [2.75, 3.05) is 32.9 Å². The Kier molecular flexibility index (Phi) is 8.29. The highest BCUT2D eigenvalue weighted by Gasteiger charge is 2.43. The van der Waals surface area contributed by atoms with E-state index in [-0.39, 0.29) is 19.2 Å². The van der Waals surface area contributed by atoms with Gasteiger partial charge in [0.25, 0.3) is 0 Å². The fraction of sp³-hybridized carbons (Fsp3) is 0.480. The summed E-state index contributed by atoms with van der Waals surface area (Å²) in [4.78, 5) is 15.4. The molecule has 2 aromatic rings. The molecule has 5 heteroatoms. The highest BCUT2D eigenvalue weighted by atomic mass is 16.5. The molecule has 0 aliphatic carbocycles. The summed E-state index contributed by atoms with van der Waals surface area (Å²) in [7, 11) is 0. The van der Waals surface area contributed by atoms with Crippen LogP contribution in [0.4, 0.5) is 0 Å². The van der Waals surface area contributed by atoms with Crippen LogP contribution in [-0.4, -0.2) is 48.9 Å². The summed E-state index contributed by atoms with van der Waals surface area (Å²) in [5, 5.41) is 9.09. The lowest BCUT2D eigenvalue weighted by molar-refractivity contribution is -0.160. The first kappa shape index (κ1) is 22.3. The number of likely N-dealkylation sites (tertiary alicyclic amines) is 1. The Balaban J connectivity index is 1.74. The lowest BCUT2D eigenvalue weighted by Crippen LogP contribution is -2.48. The second-order valence-electron chi connectivity index (χ2n) is 7.98. The minimum Gasteiger partial charge on any atom is -0.491 e. The van der Waals surface area contributed by atoms with E-state index >= 15 is 0 Å². The van der Waals surface area contributed by atoms with Crippen LogP contribution in [0.5, 0.6) is 5.75 Å². The molecule has 1 aliphatic heterocycles. The zero-order chi connectivity index (χ0) is 21.2. The molecule has 0 bridgehead atoms. The topological polar surface area (TPSA) is 59.0 Å². The van der Waals surface area contributed by atoms with Crippen molar-refractivity contribution in [1.82, 2.24) is 4.90 Å². The molecule has 0 saturated carbocycles. The van der Waals surface area contributed by atoms with E-state index in [4.69, 9.17) is 14.6 Å². The van der Waals surface area contributed by atoms with Crippen molar-refractivity contribution in [2.24, 2.45) is 5.41 Å². The predicted octanol–water partition coefficient (Wildman–Crippen LogP) is 3.84. The number of ether oxygens (including phenoxy) is 2. The Hall–Kier alpha value is -2.37. The molecule has 162 valence electrons. The van der Waals surface area contributed by atoms with E-state index in [1.807, 2.05) is 43.3 Å². The first-order chi connectivity index (χ1) is 14.7. The van der Waals surface area contributed by atoms with Crippen LogP contribution in [0.25, 0.3) is 0 Å². The molecular formula is C25H33NO4. The first-order valence-corrected chi connectivity index (χ1v) is 10.9. The number of esters is 1. The van der Waals surface area contributed by atoms with Crippen molar-refractivity contribution >= 4 is 5.97 Å². The molecular weight excluding hydrogens is 378 g/mol. The molecule has 2 aromatic carbocycles. The molecule has 1 atom stereocenters. The molecule has 0 radical (unpaired) electrons. The SMILES string of the molecule is CCOC(=O)[C@]1(CCc2ccccc2)CCCN(Cc2ccccc2OCCO)C1. The van der Waals surface area contributed by atoms with Gasteiger partial charge in [0.2, 0.25) is 0 Å². The highest BCUT2D eigenvalue weighted by molar-refractivity contribution is 5.77. The summed E-state index contributed by atoms with van der Waals surface area (Å²) in [6.45, 7) is 4.90. The van der Waals surface area contributed by atoms with Gasteiger partial charge < -0.3 is 14.6 Å². The number of aliphatic hydroxyl groups is 1. The standard InChI is InChI=1S/C25H33NO4/c1-2-29-24(28)25(15-13-21-9-4-3-5-10-21)14-8-16-26(20-25)19-22-11-6-7-12-23(22)30-18-17-27/h3-7,9-12,27H,2,8,13-20H2,1H3/t25-/m0/s1. The molecule has 0 unspecified atom stereocenters. The van der Waals surface area contributed by atoms with Gasteiger partial charge >= 0.3 is 5.97 Å². The third-order valence-electron chi connectivity index (χ3n) is 5.81. The molecule has 0 aromatic heterocycles. The summed E-state index contributed by atoms with van der Waals surface area (Å²) < 4.78 is 11.2. The van der Waals surface area contributed by atoms with Gasteiger partial charge in [0.1, 0.15) is 12.4 Å². The number of hydrogen-bond acceptors (Lipinski definition) is 5. The van der Waals surface area contributed by atoms with Gasteiger partial charge in [-0.2, -0.15) is 0 Å². The largest absolute Gasteiger partial charge is 0.491 e. The normalized spacial score (nSPS) is 19.4. The van der Waals surface area contributed by atoms with E-state index < -0.39 is 5.41 Å². The highest BCUT2D eigenvalue weighted by Crippen LogP contribution is 2.37. The Bertz CT molecular complexity index is 795. The number of carbonyl (C=O) groups is 1. The number of hydrogen-bond donors (Lipinski definition) is 1. The van der Waals surface area contributed by atoms with Crippen LogP contribution < -0.4 is 4.74 Å². The number of piperidine rings is 1. The molecule has 30 heavy (non-hydrogen) atoms. The smallest absolute Gasteiger partial charge is 0.313 e. The van der Waals surface area contributed by atoms with Crippen molar-refractivity contribution in [3.05, 3.63) is 65.7 Å². The van der Waals surface area contributed by atoms with Gasteiger partial charge in [-0.3, -0.25) is 9.69 Å². The monoisotopic (exact) mass is 411 g/mol. The fourth-order valence-corrected chi connectivity index (χ4v) is 4.32. The number of aliphatic hydroxyl groups excluding tert-OH is 1. The van der Waals surface area contributed by atoms with Crippen LogP contribution in [0, 0.1) is 5.41 Å². The van der Waals surface area contributed by atoms with Crippen molar-refractivity contribution < 1.29 is 19.4 Å². The van der Waals surface area contributed by atoms with Gasteiger partial charge in [0, 0.05) is 18.7 Å². The van der Waals surface area contributed by atoms with Crippen LogP contribution in [-0.2, 0) is 22.5 Å². The van der Waals surface area contributed by atoms with E-state index in [0.717, 1.165) is 43.5 Å². The Morgan fingerprint density at radius 1 is 1.13 bits per heavy atom. The minimum absolute atomic E-state index is 0.0104. The summed E-state index contributed by atoms with van der Waals surface area (Å²) in [5.74, 6) is 0.721. The maximum absolute atomic E-state index is 13.0. The van der Waals surface area contributed by atoms with Gasteiger partial charge in [-0.15, -0.1) is 0 Å². The number of rotatable bonds is 10. The number of nitrogens with zero attached hydrogens (tertiary/aromatic N) is 1. The maximum atomic E-state index is 13.0. The van der Waals surface area contributed by atoms with Crippen LogP contribution in [0.15, 0.2) is 54.6 Å². The van der Waals surface area contributed by atoms with Gasteiger partial charge in [-0.25, -0.2) is 0 Å². The number of benzene rings is 2. The lowest BCUT2D eigenvalue weighted by Gasteiger charge is -2.41. The Labute approximate surface area is 179 Å². The molecule has 0 spiro atoms. The Morgan fingerprint density at radius 3 is 2.67 bits per heavy atom. The zero-order valence-electron chi connectivity index (χ0n) is 17.9. The summed E-state index contributed by atoms with van der Waals surface area (Å²) in [6, 6.07) is 18.3. The van der Waals surface area contributed by atoms with E-state index in [0.29, 0.717) is 19.7 Å². The van der Waals surface area contributed by atoms with Crippen molar-refractivity contribution in [1.29, 1.82) is 0 Å². The molecule has 1 saturated heterocycles. The Morgan fingerprint density at radius 2 is 1.90 bits per heavy atom. The van der Waals surface area contributed by atoms with Crippen molar-refractivity contribution in [2.45, 2.75) is 39.2 Å². The molecule has 1 heterocycles. The number of para-hydroxylation sites is 1. The van der Waals surface area contributed by atoms with Gasteiger partial charge in [-0.1, -0.05) is 48.5 Å². The zero-order valence-corrected chi connectivity index (χ0v) is 17.9. The average Bonchev–Trinajstić information content (AvgIpc) is 2.78. The maximum Gasteiger partial charge on any atom is 0.313 e. The third kappa shape index (κ3) is 5.83. The molecule has 1 N–H and O–H groups in total. The molecule has 1 fully saturated rings. The molecule has 5 nitrogen and oxygen atoms in total. The van der Waals surface area contributed by atoms with E-state index in [1.165, 1.54) is 5.56 Å². The summed E-state index contributed by atoms with van der Waals surface area (Å²) in [5.41, 5.74) is 1.85. The number of carbonyl (C=O) groups excluding carboxylic acids is 1. The number of aryl methyl sites for hydroxylation is 1. The van der Waals surface area contributed by atoms with Crippen LogP contribution in [0.3, 0.4) is 0 Å². The summed E-state index contributed by atoms with van der Waals surface area (Å²) in [6.07, 6.45) is 3.48. The van der Waals surface area contributed by atoms with Crippen molar-refractivity contribution in [3.63, 3.8) is 0 Å². The minimum atomic E-state index is -0.481. The van der Waals surface area contributed by atoms with Crippen LogP contribution in [0.1, 0.15) is 37.3 Å². The molecule has 3 rings (SSSR count). The van der Waals surface area contributed by atoms with E-state index in [2.05, 4.69) is 23.1 Å².